The first-order valence-corrected chi connectivity index (χ1v) is 15.6. The number of halogens is 1. The Balaban J connectivity index is 1.14. The zero-order valence-corrected chi connectivity index (χ0v) is 24.2. The Hall–Kier alpha value is -3.00. The van der Waals surface area contributed by atoms with Gasteiger partial charge in [-0.1, -0.05) is 23.7 Å². The Morgan fingerprint density at radius 1 is 1.24 bits per heavy atom. The van der Waals surface area contributed by atoms with Gasteiger partial charge in [-0.3, -0.25) is 18.1 Å². The topological polar surface area (TPSA) is 168 Å². The molecule has 5 heterocycles. The number of hydrogen-bond donors (Lipinski definition) is 1. The van der Waals surface area contributed by atoms with Crippen LogP contribution in [-0.4, -0.2) is 62.8 Å². The summed E-state index contributed by atoms with van der Waals surface area (Å²) in [4.78, 5) is 25.4. The van der Waals surface area contributed by atoms with Gasteiger partial charge >= 0.3 is 14.0 Å². The Labute approximate surface area is 245 Å². The van der Waals surface area contributed by atoms with Crippen molar-refractivity contribution < 1.29 is 41.9 Å². The zero-order valence-electron chi connectivity index (χ0n) is 22.6. The molecule has 3 aromatic rings. The maximum absolute atomic E-state index is 13.5. The van der Waals surface area contributed by atoms with E-state index in [0.29, 0.717) is 22.6 Å². The lowest BCUT2D eigenvalue weighted by atomic mass is 9.96. The number of phosphoric acid groups is 1. The SMILES string of the molecule is C[C@@]12OC(=O)O[C@@H]1[C@@H](CO[P@@]1(=O)OCC[C@@H](c3cccc(Cl)c3)O1)O[C@H]2n1cnc2nc(N)nc(OC3CCCC3)c21. The zero-order chi connectivity index (χ0) is 29.1. The van der Waals surface area contributed by atoms with Gasteiger partial charge in [0.15, 0.2) is 29.1 Å². The lowest BCUT2D eigenvalue weighted by Crippen LogP contribution is -2.42. The van der Waals surface area contributed by atoms with Crippen LogP contribution in [-0.2, 0) is 32.3 Å². The number of ether oxygens (including phenoxy) is 4. The van der Waals surface area contributed by atoms with Gasteiger partial charge in [0.2, 0.25) is 11.8 Å². The summed E-state index contributed by atoms with van der Waals surface area (Å²) < 4.78 is 55.8. The van der Waals surface area contributed by atoms with E-state index in [1.165, 1.54) is 6.33 Å². The lowest BCUT2D eigenvalue weighted by molar-refractivity contribution is -0.0925. The number of rotatable bonds is 7. The number of hydrogen-bond acceptors (Lipinski definition) is 13. The standard InChI is InChI=1S/C26H29ClN5O9P/c1-26-20(39-25(33)40-26)18(12-36-42(34)35-10-9-17(41-42)14-5-4-6-15(27)11-14)38-23(26)32-13-29-21-19(32)22(31-24(28)30-21)37-16-7-2-3-8-16/h4-6,11,13,16-18,20,23H,2-3,7-10,12H2,1H3,(H2,28,30,31)/t17-,18+,20+,23+,26+,42+/m0/s1. The van der Waals surface area contributed by atoms with Gasteiger partial charge in [0.05, 0.1) is 19.3 Å². The van der Waals surface area contributed by atoms with Crippen molar-refractivity contribution in [3.8, 4) is 5.88 Å². The van der Waals surface area contributed by atoms with Crippen molar-refractivity contribution in [3.63, 3.8) is 0 Å². The van der Waals surface area contributed by atoms with Crippen molar-refractivity contribution in [2.24, 2.45) is 0 Å². The number of aromatic nitrogens is 4. The van der Waals surface area contributed by atoms with Crippen molar-refractivity contribution in [1.82, 2.24) is 19.5 Å². The summed E-state index contributed by atoms with van der Waals surface area (Å²) in [7, 11) is -4.00. The van der Waals surface area contributed by atoms with Gasteiger partial charge in [-0.15, -0.1) is 0 Å². The number of carbonyl (C=O) groups excluding carboxylic acids is 1. The number of benzene rings is 1. The maximum Gasteiger partial charge on any atom is 0.509 e. The van der Waals surface area contributed by atoms with Crippen LogP contribution in [0.5, 0.6) is 5.88 Å². The third-order valence-electron chi connectivity index (χ3n) is 7.97. The summed E-state index contributed by atoms with van der Waals surface area (Å²) in [5.41, 5.74) is 6.12. The van der Waals surface area contributed by atoms with E-state index in [4.69, 9.17) is 49.9 Å². The quantitative estimate of drug-likeness (QED) is 0.280. The number of phosphoric ester groups is 1. The van der Waals surface area contributed by atoms with Gasteiger partial charge in [-0.05, 0) is 50.3 Å². The van der Waals surface area contributed by atoms with Crippen molar-refractivity contribution in [2.75, 3.05) is 18.9 Å². The minimum Gasteiger partial charge on any atom is -0.473 e. The van der Waals surface area contributed by atoms with E-state index < -0.39 is 44.1 Å². The van der Waals surface area contributed by atoms with Gasteiger partial charge in [-0.2, -0.15) is 9.97 Å². The summed E-state index contributed by atoms with van der Waals surface area (Å²) in [5.74, 6) is 0.281. The van der Waals surface area contributed by atoms with Gasteiger partial charge < -0.3 is 24.7 Å². The molecule has 1 aromatic carbocycles. The number of carbonyl (C=O) groups is 1. The largest absolute Gasteiger partial charge is 0.509 e. The van der Waals surface area contributed by atoms with Crippen LogP contribution in [0.4, 0.5) is 10.7 Å². The van der Waals surface area contributed by atoms with E-state index in [1.807, 2.05) is 6.07 Å². The van der Waals surface area contributed by atoms with Crippen LogP contribution in [0.3, 0.4) is 0 Å². The van der Waals surface area contributed by atoms with E-state index >= 15 is 0 Å². The van der Waals surface area contributed by atoms with Crippen LogP contribution >= 0.6 is 19.4 Å². The second kappa shape index (κ2) is 10.6. The van der Waals surface area contributed by atoms with E-state index in [9.17, 15) is 9.36 Å². The van der Waals surface area contributed by atoms with Crippen molar-refractivity contribution in [1.29, 1.82) is 0 Å². The van der Waals surface area contributed by atoms with E-state index in [0.717, 1.165) is 31.2 Å². The molecule has 16 heteroatoms. The van der Waals surface area contributed by atoms with Crippen molar-refractivity contribution in [3.05, 3.63) is 41.2 Å². The van der Waals surface area contributed by atoms with Crippen LogP contribution in [0.25, 0.3) is 11.2 Å². The molecule has 4 fully saturated rings. The Bertz CT molecular complexity index is 1570. The predicted molar refractivity (Wildman–Crippen MR) is 146 cm³/mol. The molecule has 42 heavy (non-hydrogen) atoms. The average Bonchev–Trinajstić information content (AvgIpc) is 3.72. The number of fused-ring (bicyclic) bond motifs is 2. The Kier molecular flexibility index (Phi) is 7.03. The second-order valence-electron chi connectivity index (χ2n) is 10.9. The molecule has 224 valence electrons. The second-order valence-corrected chi connectivity index (χ2v) is 12.9. The third-order valence-corrected chi connectivity index (χ3v) is 9.68. The van der Waals surface area contributed by atoms with Gasteiger partial charge in [0, 0.05) is 11.4 Å². The van der Waals surface area contributed by atoms with Crippen LogP contribution < -0.4 is 10.5 Å². The molecule has 14 nitrogen and oxygen atoms in total. The minimum atomic E-state index is -4.00. The summed E-state index contributed by atoms with van der Waals surface area (Å²) >= 11 is 6.13. The fourth-order valence-electron chi connectivity index (χ4n) is 5.99. The molecular weight excluding hydrogens is 593 g/mol. The predicted octanol–water partition coefficient (Wildman–Crippen LogP) is 4.88. The molecule has 0 amide bonds. The molecule has 0 unspecified atom stereocenters. The highest BCUT2D eigenvalue weighted by molar-refractivity contribution is 7.48. The van der Waals surface area contributed by atoms with Gasteiger partial charge in [0.25, 0.3) is 0 Å². The molecule has 2 N–H and O–H groups in total. The third kappa shape index (κ3) is 4.99. The van der Waals surface area contributed by atoms with Gasteiger partial charge in [0.1, 0.15) is 18.5 Å². The molecule has 7 rings (SSSR count). The molecule has 4 aliphatic rings. The summed E-state index contributed by atoms with van der Waals surface area (Å²) in [6.45, 7) is 1.55. The number of nitrogen functional groups attached to an aromatic ring is 1. The molecule has 1 aliphatic carbocycles. The van der Waals surface area contributed by atoms with Crippen molar-refractivity contribution >= 4 is 42.7 Å². The Morgan fingerprint density at radius 2 is 2.07 bits per heavy atom. The molecule has 0 radical (unpaired) electrons. The van der Waals surface area contributed by atoms with E-state index in [1.54, 1.807) is 29.7 Å². The summed E-state index contributed by atoms with van der Waals surface area (Å²) in [6.07, 6.45) is 1.68. The molecule has 6 atom stereocenters. The normalized spacial score (nSPS) is 33.0. The highest BCUT2D eigenvalue weighted by atomic mass is 35.5. The molecule has 3 saturated heterocycles. The number of nitrogens with zero attached hydrogens (tertiary/aromatic N) is 4. The first-order chi connectivity index (χ1) is 20.2. The lowest BCUT2D eigenvalue weighted by Gasteiger charge is -2.30. The Morgan fingerprint density at radius 3 is 2.88 bits per heavy atom. The highest BCUT2D eigenvalue weighted by Gasteiger charge is 2.64. The van der Waals surface area contributed by atoms with Crippen LogP contribution in [0.15, 0.2) is 30.6 Å². The summed E-state index contributed by atoms with van der Waals surface area (Å²) in [5, 5.41) is 0.531. The number of anilines is 1. The van der Waals surface area contributed by atoms with Crippen LogP contribution in [0, 0.1) is 0 Å². The van der Waals surface area contributed by atoms with Gasteiger partial charge in [-0.25, -0.2) is 14.3 Å². The maximum atomic E-state index is 13.5. The monoisotopic (exact) mass is 621 g/mol. The molecule has 1 saturated carbocycles. The van der Waals surface area contributed by atoms with E-state index in [-0.39, 0.29) is 31.1 Å². The fourth-order valence-corrected chi connectivity index (χ4v) is 7.58. The number of imidazole rings is 1. The van der Waals surface area contributed by atoms with Crippen molar-refractivity contribution in [2.45, 2.75) is 75.3 Å². The van der Waals surface area contributed by atoms with E-state index in [2.05, 4.69) is 15.0 Å². The smallest absolute Gasteiger partial charge is 0.473 e. The average molecular weight is 622 g/mol. The van der Waals surface area contributed by atoms with Crippen LogP contribution in [0.1, 0.15) is 56.9 Å². The highest BCUT2D eigenvalue weighted by Crippen LogP contribution is 2.58. The number of nitrogens with two attached hydrogens (primary N) is 1. The molecule has 2 aromatic heterocycles. The summed E-state index contributed by atoms with van der Waals surface area (Å²) in [6, 6.07) is 7.10. The first kappa shape index (κ1) is 27.8. The van der Waals surface area contributed by atoms with Crippen LogP contribution in [0.2, 0.25) is 5.02 Å². The molecule has 0 bridgehead atoms. The molecule has 3 aliphatic heterocycles. The first-order valence-electron chi connectivity index (χ1n) is 13.8. The molecule has 0 spiro atoms. The molecular formula is C26H29ClN5O9P. The fraction of sp³-hybridized carbons (Fsp3) is 0.538. The minimum absolute atomic E-state index is 0.0177.